The first-order chi connectivity index (χ1) is 9.00. The third kappa shape index (κ3) is 4.34. The highest BCUT2D eigenvalue weighted by molar-refractivity contribution is 8.02. The zero-order valence-corrected chi connectivity index (χ0v) is 12.3. The van der Waals surface area contributed by atoms with Crippen molar-refractivity contribution in [3.63, 3.8) is 0 Å². The molecule has 2 rings (SSSR count). The van der Waals surface area contributed by atoms with Gasteiger partial charge in [-0.1, -0.05) is 0 Å². The zero-order valence-electron chi connectivity index (χ0n) is 10.7. The Bertz CT molecular complexity index is 425. The van der Waals surface area contributed by atoms with E-state index in [2.05, 4.69) is 0 Å². The molecule has 1 amide bonds. The number of rotatable bonds is 4. The maximum atomic E-state index is 12.0. The molecule has 110 valence electrons. The number of ether oxygens (including phenoxy) is 1. The van der Waals surface area contributed by atoms with Crippen LogP contribution in [0.25, 0.3) is 0 Å². The van der Waals surface area contributed by atoms with Crippen LogP contribution in [0.1, 0.15) is 6.42 Å². The fourth-order valence-electron chi connectivity index (χ4n) is 2.23. The lowest BCUT2D eigenvalue weighted by Crippen LogP contribution is -2.47. The molecule has 2 fully saturated rings. The van der Waals surface area contributed by atoms with E-state index in [9.17, 15) is 13.2 Å². The van der Waals surface area contributed by atoms with Gasteiger partial charge in [0.2, 0.25) is 5.91 Å². The van der Waals surface area contributed by atoms with Gasteiger partial charge in [-0.15, -0.1) is 11.8 Å². The predicted molar refractivity (Wildman–Crippen MR) is 72.9 cm³/mol. The Morgan fingerprint density at radius 2 is 2.26 bits per heavy atom. The van der Waals surface area contributed by atoms with Crippen molar-refractivity contribution in [1.82, 2.24) is 4.90 Å². The van der Waals surface area contributed by atoms with Crippen LogP contribution in [0.4, 0.5) is 0 Å². The molecule has 2 saturated heterocycles. The van der Waals surface area contributed by atoms with Gasteiger partial charge in [-0.2, -0.15) is 0 Å². The van der Waals surface area contributed by atoms with Crippen LogP contribution in [0.2, 0.25) is 0 Å². The van der Waals surface area contributed by atoms with E-state index in [1.165, 1.54) is 11.8 Å². The first-order valence-corrected chi connectivity index (χ1v) is 9.19. The van der Waals surface area contributed by atoms with Gasteiger partial charge in [0.15, 0.2) is 9.84 Å². The molecule has 0 aromatic rings. The molecule has 0 radical (unpaired) electrons. The second kappa shape index (κ2) is 6.43. The van der Waals surface area contributed by atoms with Gasteiger partial charge in [0, 0.05) is 18.3 Å². The summed E-state index contributed by atoms with van der Waals surface area (Å²) in [5.41, 5.74) is 0. The molecule has 19 heavy (non-hydrogen) atoms. The molecule has 2 aliphatic rings. The van der Waals surface area contributed by atoms with Crippen molar-refractivity contribution in [3.8, 4) is 0 Å². The predicted octanol–water partition coefficient (Wildman–Crippen LogP) is -0.874. The van der Waals surface area contributed by atoms with Crippen molar-refractivity contribution in [2.24, 2.45) is 0 Å². The van der Waals surface area contributed by atoms with Gasteiger partial charge in [0.05, 0.1) is 36.6 Å². The van der Waals surface area contributed by atoms with Crippen LogP contribution in [-0.4, -0.2) is 79.2 Å². The van der Waals surface area contributed by atoms with E-state index >= 15 is 0 Å². The molecule has 2 atom stereocenters. The van der Waals surface area contributed by atoms with E-state index in [0.717, 1.165) is 0 Å². The second-order valence-corrected chi connectivity index (χ2v) is 8.37. The Balaban J connectivity index is 1.75. The van der Waals surface area contributed by atoms with E-state index in [0.29, 0.717) is 31.9 Å². The summed E-state index contributed by atoms with van der Waals surface area (Å²) in [6.07, 6.45) is 0.345. The number of nitrogens with zero attached hydrogens (tertiary/aromatic N) is 1. The summed E-state index contributed by atoms with van der Waals surface area (Å²) >= 11 is 1.42. The van der Waals surface area contributed by atoms with Crippen molar-refractivity contribution in [2.45, 2.75) is 17.8 Å². The molecule has 0 aromatic heterocycles. The highest BCUT2D eigenvalue weighted by atomic mass is 32.2. The molecule has 0 aliphatic carbocycles. The summed E-state index contributed by atoms with van der Waals surface area (Å²) in [5.74, 6) is 0.727. The van der Waals surface area contributed by atoms with Crippen LogP contribution in [0.5, 0.6) is 0 Å². The minimum atomic E-state index is -2.88. The molecule has 0 aromatic carbocycles. The molecule has 2 unspecified atom stereocenters. The summed E-state index contributed by atoms with van der Waals surface area (Å²) in [4.78, 5) is 13.7. The topological polar surface area (TPSA) is 83.9 Å². The lowest BCUT2D eigenvalue weighted by Gasteiger charge is -2.32. The van der Waals surface area contributed by atoms with Crippen LogP contribution in [0.15, 0.2) is 0 Å². The fraction of sp³-hybridized carbons (Fsp3) is 0.909. The molecule has 0 bridgehead atoms. The number of hydrogen-bond donors (Lipinski definition) is 1. The Morgan fingerprint density at radius 1 is 1.47 bits per heavy atom. The SMILES string of the molecule is O=C(CSC1CCS(=O)(=O)C1)N1CCOC(CO)C1. The Kier molecular flexibility index (Phi) is 5.10. The number of carbonyl (C=O) groups excluding carboxylic acids is 1. The van der Waals surface area contributed by atoms with Gasteiger partial charge in [-0.05, 0) is 6.42 Å². The van der Waals surface area contributed by atoms with Gasteiger partial charge in [0.1, 0.15) is 0 Å². The maximum Gasteiger partial charge on any atom is 0.232 e. The van der Waals surface area contributed by atoms with Crippen molar-refractivity contribution in [2.75, 3.05) is 43.6 Å². The Hall–Kier alpha value is -0.310. The Labute approximate surface area is 117 Å². The molecule has 6 nitrogen and oxygen atoms in total. The molecule has 2 heterocycles. The molecule has 0 saturated carbocycles. The monoisotopic (exact) mass is 309 g/mol. The van der Waals surface area contributed by atoms with E-state index in [1.807, 2.05) is 0 Å². The molecule has 0 spiro atoms. The summed E-state index contributed by atoms with van der Waals surface area (Å²) in [7, 11) is -2.88. The fourth-order valence-corrected chi connectivity index (χ4v) is 5.77. The smallest absolute Gasteiger partial charge is 0.232 e. The molecule has 8 heteroatoms. The maximum absolute atomic E-state index is 12.0. The van der Waals surface area contributed by atoms with Crippen LogP contribution in [-0.2, 0) is 19.4 Å². The van der Waals surface area contributed by atoms with E-state index in [4.69, 9.17) is 9.84 Å². The number of aliphatic hydroxyl groups is 1. The van der Waals surface area contributed by atoms with E-state index in [1.54, 1.807) is 4.90 Å². The van der Waals surface area contributed by atoms with Gasteiger partial charge < -0.3 is 14.7 Å². The molecule has 2 aliphatic heterocycles. The first-order valence-electron chi connectivity index (χ1n) is 6.32. The standard InChI is InChI=1S/C11H19NO5S2/c13-6-9-5-12(2-3-17-9)11(14)7-18-10-1-4-19(15,16)8-10/h9-10,13H,1-8H2. The lowest BCUT2D eigenvalue weighted by molar-refractivity contribution is -0.137. The number of amides is 1. The van der Waals surface area contributed by atoms with Crippen LogP contribution < -0.4 is 0 Å². The van der Waals surface area contributed by atoms with Crippen molar-refractivity contribution >= 4 is 27.5 Å². The van der Waals surface area contributed by atoms with Gasteiger partial charge in [0.25, 0.3) is 0 Å². The third-order valence-corrected chi connectivity index (χ3v) is 6.59. The highest BCUT2D eigenvalue weighted by Crippen LogP contribution is 2.24. The number of hydrogen-bond acceptors (Lipinski definition) is 6. The second-order valence-electron chi connectivity index (χ2n) is 4.85. The average Bonchev–Trinajstić information content (AvgIpc) is 2.75. The number of morpholine rings is 1. The molecular weight excluding hydrogens is 290 g/mol. The summed E-state index contributed by atoms with van der Waals surface area (Å²) in [6.45, 7) is 1.31. The summed E-state index contributed by atoms with van der Waals surface area (Å²) in [6, 6.07) is 0. The van der Waals surface area contributed by atoms with Gasteiger partial charge >= 0.3 is 0 Å². The minimum Gasteiger partial charge on any atom is -0.394 e. The van der Waals surface area contributed by atoms with Crippen molar-refractivity contribution in [1.29, 1.82) is 0 Å². The van der Waals surface area contributed by atoms with Gasteiger partial charge in [-0.3, -0.25) is 4.79 Å². The Morgan fingerprint density at radius 3 is 2.89 bits per heavy atom. The number of thioether (sulfide) groups is 1. The third-order valence-electron chi connectivity index (χ3n) is 3.33. The van der Waals surface area contributed by atoms with Crippen molar-refractivity contribution < 1.29 is 23.1 Å². The molecule has 1 N–H and O–H groups in total. The summed E-state index contributed by atoms with van der Waals surface area (Å²) in [5, 5.41) is 9.06. The minimum absolute atomic E-state index is 0.00366. The molecular formula is C11H19NO5S2. The largest absolute Gasteiger partial charge is 0.394 e. The number of carbonyl (C=O) groups is 1. The quantitative estimate of drug-likeness (QED) is 0.726. The number of sulfone groups is 1. The van der Waals surface area contributed by atoms with Crippen LogP contribution in [0, 0.1) is 0 Å². The first kappa shape index (κ1) is 15.1. The van der Waals surface area contributed by atoms with E-state index < -0.39 is 9.84 Å². The summed E-state index contributed by atoms with van der Waals surface area (Å²) < 4.78 is 27.9. The van der Waals surface area contributed by atoms with Crippen LogP contribution in [0.3, 0.4) is 0 Å². The van der Waals surface area contributed by atoms with Crippen LogP contribution >= 0.6 is 11.8 Å². The normalized spacial score (nSPS) is 30.5. The van der Waals surface area contributed by atoms with E-state index in [-0.39, 0.29) is 35.4 Å². The highest BCUT2D eigenvalue weighted by Gasteiger charge is 2.30. The number of aliphatic hydroxyl groups excluding tert-OH is 1. The average molecular weight is 309 g/mol. The lowest BCUT2D eigenvalue weighted by atomic mass is 10.3. The zero-order chi connectivity index (χ0) is 13.9. The van der Waals surface area contributed by atoms with Gasteiger partial charge in [-0.25, -0.2) is 8.42 Å². The van der Waals surface area contributed by atoms with Crippen molar-refractivity contribution in [3.05, 3.63) is 0 Å².